The molecular weight excluding hydrogens is 292 g/mol. The van der Waals surface area contributed by atoms with Crippen molar-refractivity contribution in [3.05, 3.63) is 52.0 Å². The molecule has 0 radical (unpaired) electrons. The standard InChI is InChI=1S/C17H24N4S/c1-14-13-22-16(20-14)10-7-11-19-17(18-2)21(3)12-15-8-5-4-6-9-15/h4-6,8-9,13H,7,10-12H2,1-3H3,(H,18,19). The summed E-state index contributed by atoms with van der Waals surface area (Å²) in [6.45, 7) is 3.80. The molecular formula is C17H24N4S. The van der Waals surface area contributed by atoms with Crippen molar-refractivity contribution in [2.45, 2.75) is 26.3 Å². The zero-order valence-corrected chi connectivity index (χ0v) is 14.4. The van der Waals surface area contributed by atoms with E-state index in [1.807, 2.05) is 20.0 Å². The first-order valence-corrected chi connectivity index (χ1v) is 8.43. The molecule has 1 aromatic heterocycles. The molecule has 118 valence electrons. The molecule has 0 amide bonds. The quantitative estimate of drug-likeness (QED) is 0.506. The van der Waals surface area contributed by atoms with Crippen LogP contribution in [0.2, 0.25) is 0 Å². The molecule has 0 fully saturated rings. The summed E-state index contributed by atoms with van der Waals surface area (Å²) in [5.41, 5.74) is 2.40. The molecule has 0 atom stereocenters. The Kier molecular flexibility index (Phi) is 6.40. The van der Waals surface area contributed by atoms with E-state index in [0.717, 1.165) is 37.6 Å². The number of rotatable bonds is 6. The van der Waals surface area contributed by atoms with E-state index in [9.17, 15) is 0 Å². The van der Waals surface area contributed by atoms with Crippen molar-refractivity contribution < 1.29 is 0 Å². The number of nitrogens with zero attached hydrogens (tertiary/aromatic N) is 3. The van der Waals surface area contributed by atoms with Crippen LogP contribution >= 0.6 is 11.3 Å². The first-order valence-electron chi connectivity index (χ1n) is 7.55. The molecule has 0 saturated heterocycles. The summed E-state index contributed by atoms with van der Waals surface area (Å²) in [7, 11) is 3.89. The molecule has 5 heteroatoms. The average molecular weight is 316 g/mol. The fraction of sp³-hybridized carbons (Fsp3) is 0.412. The molecule has 1 aromatic carbocycles. The third-order valence-corrected chi connectivity index (χ3v) is 4.38. The summed E-state index contributed by atoms with van der Waals surface area (Å²) in [4.78, 5) is 11.0. The van der Waals surface area contributed by atoms with Crippen molar-refractivity contribution in [3.8, 4) is 0 Å². The molecule has 1 N–H and O–H groups in total. The third-order valence-electron chi connectivity index (χ3n) is 3.35. The van der Waals surface area contributed by atoms with Gasteiger partial charge in [0.25, 0.3) is 0 Å². The topological polar surface area (TPSA) is 40.5 Å². The van der Waals surface area contributed by atoms with Gasteiger partial charge in [-0.2, -0.15) is 0 Å². The van der Waals surface area contributed by atoms with Gasteiger partial charge >= 0.3 is 0 Å². The van der Waals surface area contributed by atoms with E-state index >= 15 is 0 Å². The highest BCUT2D eigenvalue weighted by molar-refractivity contribution is 7.09. The summed E-state index contributed by atoms with van der Waals surface area (Å²) < 4.78 is 0. The molecule has 0 unspecified atom stereocenters. The zero-order valence-electron chi connectivity index (χ0n) is 13.5. The molecule has 0 aliphatic heterocycles. The Morgan fingerprint density at radius 2 is 2.09 bits per heavy atom. The first-order chi connectivity index (χ1) is 10.7. The van der Waals surface area contributed by atoms with Crippen LogP contribution in [0.5, 0.6) is 0 Å². The predicted molar refractivity (Wildman–Crippen MR) is 94.4 cm³/mol. The number of hydrogen-bond acceptors (Lipinski definition) is 3. The fourth-order valence-corrected chi connectivity index (χ4v) is 3.09. The summed E-state index contributed by atoms with van der Waals surface area (Å²) >= 11 is 1.74. The second-order valence-corrected chi connectivity index (χ2v) is 6.24. The van der Waals surface area contributed by atoms with Gasteiger partial charge in [0.15, 0.2) is 5.96 Å². The van der Waals surface area contributed by atoms with Gasteiger partial charge < -0.3 is 10.2 Å². The van der Waals surface area contributed by atoms with Gasteiger partial charge in [-0.3, -0.25) is 4.99 Å². The van der Waals surface area contributed by atoms with Gasteiger partial charge in [0, 0.05) is 44.7 Å². The van der Waals surface area contributed by atoms with Gasteiger partial charge in [-0.25, -0.2) is 4.98 Å². The van der Waals surface area contributed by atoms with Gasteiger partial charge in [0.05, 0.1) is 5.01 Å². The predicted octanol–water partition coefficient (Wildman–Crippen LogP) is 3.09. The molecule has 0 spiro atoms. The lowest BCUT2D eigenvalue weighted by Crippen LogP contribution is -2.38. The van der Waals surface area contributed by atoms with Crippen molar-refractivity contribution in [3.63, 3.8) is 0 Å². The van der Waals surface area contributed by atoms with Crippen LogP contribution in [0.1, 0.15) is 22.7 Å². The van der Waals surface area contributed by atoms with Crippen molar-refractivity contribution in [1.82, 2.24) is 15.2 Å². The van der Waals surface area contributed by atoms with Crippen LogP contribution in [0.3, 0.4) is 0 Å². The van der Waals surface area contributed by atoms with Gasteiger partial charge in [-0.1, -0.05) is 30.3 Å². The van der Waals surface area contributed by atoms with E-state index in [4.69, 9.17) is 0 Å². The number of aliphatic imine (C=N–C) groups is 1. The number of aryl methyl sites for hydroxylation is 2. The molecule has 2 aromatic rings. The third kappa shape index (κ3) is 5.15. The maximum absolute atomic E-state index is 4.49. The lowest BCUT2D eigenvalue weighted by molar-refractivity contribution is 0.476. The highest BCUT2D eigenvalue weighted by atomic mass is 32.1. The molecule has 0 saturated carbocycles. The van der Waals surface area contributed by atoms with Crippen LogP contribution in [0.4, 0.5) is 0 Å². The average Bonchev–Trinajstić information content (AvgIpc) is 2.93. The van der Waals surface area contributed by atoms with E-state index in [0.29, 0.717) is 0 Å². The molecule has 22 heavy (non-hydrogen) atoms. The van der Waals surface area contributed by atoms with Crippen molar-refractivity contribution in [1.29, 1.82) is 0 Å². The smallest absolute Gasteiger partial charge is 0.193 e. The minimum atomic E-state index is 0.853. The largest absolute Gasteiger partial charge is 0.356 e. The molecule has 0 aliphatic rings. The summed E-state index contributed by atoms with van der Waals surface area (Å²) in [5, 5.41) is 6.74. The summed E-state index contributed by atoms with van der Waals surface area (Å²) in [6, 6.07) is 10.4. The van der Waals surface area contributed by atoms with Crippen LogP contribution in [0, 0.1) is 6.92 Å². The van der Waals surface area contributed by atoms with Gasteiger partial charge in [-0.15, -0.1) is 11.3 Å². The van der Waals surface area contributed by atoms with Crippen LogP contribution in [-0.4, -0.2) is 36.5 Å². The van der Waals surface area contributed by atoms with Crippen molar-refractivity contribution in [2.24, 2.45) is 4.99 Å². The van der Waals surface area contributed by atoms with Crippen molar-refractivity contribution >= 4 is 17.3 Å². The Morgan fingerprint density at radius 3 is 2.73 bits per heavy atom. The van der Waals surface area contributed by atoms with Crippen LogP contribution < -0.4 is 5.32 Å². The van der Waals surface area contributed by atoms with Gasteiger partial charge in [0.2, 0.25) is 0 Å². The Balaban J connectivity index is 1.74. The number of aromatic nitrogens is 1. The van der Waals surface area contributed by atoms with E-state index in [-0.39, 0.29) is 0 Å². The van der Waals surface area contributed by atoms with E-state index in [2.05, 4.69) is 56.9 Å². The highest BCUT2D eigenvalue weighted by Crippen LogP contribution is 2.10. The number of guanidine groups is 1. The molecule has 1 heterocycles. The Bertz CT molecular complexity index is 592. The summed E-state index contributed by atoms with van der Waals surface area (Å²) in [5.74, 6) is 0.930. The maximum Gasteiger partial charge on any atom is 0.193 e. The minimum absolute atomic E-state index is 0.853. The van der Waals surface area contributed by atoms with Gasteiger partial charge in [-0.05, 0) is 18.9 Å². The molecule has 0 bridgehead atoms. The second-order valence-electron chi connectivity index (χ2n) is 5.30. The van der Waals surface area contributed by atoms with E-state index in [1.165, 1.54) is 10.6 Å². The lowest BCUT2D eigenvalue weighted by atomic mass is 10.2. The number of thiazole rings is 1. The SMILES string of the molecule is CN=C(NCCCc1nc(C)cs1)N(C)Cc1ccccc1. The number of benzene rings is 1. The normalized spacial score (nSPS) is 11.5. The van der Waals surface area contributed by atoms with E-state index in [1.54, 1.807) is 11.3 Å². The first kappa shape index (κ1) is 16.5. The molecule has 2 rings (SSSR count). The Labute approximate surface area is 136 Å². The number of hydrogen-bond donors (Lipinski definition) is 1. The van der Waals surface area contributed by atoms with Crippen LogP contribution in [0.15, 0.2) is 40.7 Å². The zero-order chi connectivity index (χ0) is 15.8. The highest BCUT2D eigenvalue weighted by Gasteiger charge is 2.06. The van der Waals surface area contributed by atoms with E-state index < -0.39 is 0 Å². The van der Waals surface area contributed by atoms with Gasteiger partial charge in [0.1, 0.15) is 0 Å². The monoisotopic (exact) mass is 316 g/mol. The minimum Gasteiger partial charge on any atom is -0.356 e. The summed E-state index contributed by atoms with van der Waals surface area (Å²) in [6.07, 6.45) is 2.08. The lowest BCUT2D eigenvalue weighted by Gasteiger charge is -2.22. The fourth-order valence-electron chi connectivity index (χ4n) is 2.27. The van der Waals surface area contributed by atoms with Crippen molar-refractivity contribution in [2.75, 3.05) is 20.6 Å². The number of nitrogens with one attached hydrogen (secondary N) is 1. The molecule has 0 aliphatic carbocycles. The Morgan fingerprint density at radius 1 is 1.32 bits per heavy atom. The maximum atomic E-state index is 4.49. The van der Waals surface area contributed by atoms with Crippen LogP contribution in [-0.2, 0) is 13.0 Å². The Hall–Kier alpha value is -1.88. The second kappa shape index (κ2) is 8.54. The molecule has 4 nitrogen and oxygen atoms in total. The van der Waals surface area contributed by atoms with Crippen LogP contribution in [0.25, 0.3) is 0 Å².